The molecule has 0 unspecified atom stereocenters. The number of rotatable bonds is 4. The fourth-order valence-electron chi connectivity index (χ4n) is 1.61. The maximum absolute atomic E-state index is 11.1. The maximum Gasteiger partial charge on any atom is 0.508 e. The molecule has 0 amide bonds. The topological polar surface area (TPSA) is 35.5 Å². The molecule has 1 aliphatic rings. The highest BCUT2D eigenvalue weighted by Gasteiger charge is 2.18. The van der Waals surface area contributed by atoms with Gasteiger partial charge in [0, 0.05) is 0 Å². The molecule has 0 atom stereocenters. The first kappa shape index (κ1) is 11.3. The molecule has 0 bridgehead atoms. The highest BCUT2D eigenvalue weighted by molar-refractivity contribution is 5.60. The Balaban J connectivity index is 2.06. The first-order valence-electron chi connectivity index (χ1n) is 5.45. The van der Waals surface area contributed by atoms with E-state index in [0.29, 0.717) is 6.61 Å². The second-order valence-electron chi connectivity index (χ2n) is 3.68. The Hall–Kier alpha value is -0.730. The van der Waals surface area contributed by atoms with Gasteiger partial charge in [-0.3, -0.25) is 0 Å². The maximum atomic E-state index is 11.1. The fraction of sp³-hybridized carbons (Fsp3) is 0.818. The summed E-state index contributed by atoms with van der Waals surface area (Å²) in [7, 11) is 0. The molecule has 1 aliphatic carbocycles. The van der Waals surface area contributed by atoms with E-state index in [1.807, 2.05) is 0 Å². The van der Waals surface area contributed by atoms with Crippen LogP contribution in [0.1, 0.15) is 44.9 Å². The fourth-order valence-corrected chi connectivity index (χ4v) is 1.61. The molecule has 0 aromatic carbocycles. The molecule has 1 rings (SSSR count). The average molecular weight is 199 g/mol. The van der Waals surface area contributed by atoms with Crippen molar-refractivity contribution < 1.29 is 14.3 Å². The summed E-state index contributed by atoms with van der Waals surface area (Å²) in [6, 6.07) is 0. The zero-order chi connectivity index (χ0) is 10.2. The van der Waals surface area contributed by atoms with Crippen molar-refractivity contribution in [3.63, 3.8) is 0 Å². The van der Waals surface area contributed by atoms with Crippen LogP contribution in [0.5, 0.6) is 0 Å². The van der Waals surface area contributed by atoms with Gasteiger partial charge in [0.1, 0.15) is 6.10 Å². The summed E-state index contributed by atoms with van der Waals surface area (Å²) in [4.78, 5) is 11.1. The number of hydrogen-bond donors (Lipinski definition) is 0. The van der Waals surface area contributed by atoms with Crippen LogP contribution in [0.3, 0.4) is 0 Å². The Kier molecular flexibility index (Phi) is 5.42. The third kappa shape index (κ3) is 4.49. The summed E-state index contributed by atoms with van der Waals surface area (Å²) in [5, 5.41) is 0. The van der Waals surface area contributed by atoms with E-state index < -0.39 is 6.16 Å². The van der Waals surface area contributed by atoms with E-state index in [2.05, 4.69) is 6.92 Å². The van der Waals surface area contributed by atoms with E-state index in [0.717, 1.165) is 38.5 Å². The molecule has 0 aromatic heterocycles. The van der Waals surface area contributed by atoms with Gasteiger partial charge in [-0.1, -0.05) is 19.8 Å². The van der Waals surface area contributed by atoms with Crippen molar-refractivity contribution in [3.05, 3.63) is 6.92 Å². The molecule has 14 heavy (non-hydrogen) atoms. The summed E-state index contributed by atoms with van der Waals surface area (Å²) >= 11 is 0. The lowest BCUT2D eigenvalue weighted by molar-refractivity contribution is 0.0109. The minimum atomic E-state index is -0.509. The molecule has 0 aromatic rings. The van der Waals surface area contributed by atoms with Crippen molar-refractivity contribution in [2.75, 3.05) is 6.61 Å². The van der Waals surface area contributed by atoms with Gasteiger partial charge in [0.05, 0.1) is 6.61 Å². The predicted molar refractivity (Wildman–Crippen MR) is 53.9 cm³/mol. The van der Waals surface area contributed by atoms with Crippen molar-refractivity contribution in [3.8, 4) is 0 Å². The lowest BCUT2D eigenvalue weighted by atomic mass is 9.98. The van der Waals surface area contributed by atoms with Crippen LogP contribution < -0.4 is 0 Å². The van der Waals surface area contributed by atoms with Crippen molar-refractivity contribution in [1.82, 2.24) is 0 Å². The van der Waals surface area contributed by atoms with E-state index in [1.54, 1.807) is 0 Å². The Morgan fingerprint density at radius 2 is 2.00 bits per heavy atom. The van der Waals surface area contributed by atoms with Crippen molar-refractivity contribution in [2.24, 2.45) is 0 Å². The Bertz CT molecular complexity index is 162. The molecule has 1 radical (unpaired) electrons. The van der Waals surface area contributed by atoms with Gasteiger partial charge in [-0.15, -0.1) is 0 Å². The molecule has 1 fully saturated rings. The molecule has 81 valence electrons. The summed E-state index contributed by atoms with van der Waals surface area (Å²) in [5.74, 6) is 0. The minimum Gasteiger partial charge on any atom is -0.434 e. The van der Waals surface area contributed by atoms with E-state index >= 15 is 0 Å². The third-order valence-electron chi connectivity index (χ3n) is 2.43. The smallest absolute Gasteiger partial charge is 0.434 e. The number of hydrogen-bond acceptors (Lipinski definition) is 3. The average Bonchev–Trinajstić information content (AvgIpc) is 2.20. The second-order valence-corrected chi connectivity index (χ2v) is 3.68. The van der Waals surface area contributed by atoms with Crippen molar-refractivity contribution >= 4 is 6.16 Å². The van der Waals surface area contributed by atoms with Crippen LogP contribution in [0.25, 0.3) is 0 Å². The minimum absolute atomic E-state index is 0.0935. The van der Waals surface area contributed by atoms with Gasteiger partial charge >= 0.3 is 6.16 Å². The normalized spacial score (nSPS) is 17.8. The van der Waals surface area contributed by atoms with E-state index in [4.69, 9.17) is 9.47 Å². The monoisotopic (exact) mass is 199 g/mol. The van der Waals surface area contributed by atoms with Gasteiger partial charge in [0.25, 0.3) is 0 Å². The van der Waals surface area contributed by atoms with Gasteiger partial charge in [0.2, 0.25) is 0 Å². The quantitative estimate of drug-likeness (QED) is 0.515. The van der Waals surface area contributed by atoms with Crippen LogP contribution in [-0.4, -0.2) is 18.9 Å². The van der Waals surface area contributed by atoms with Gasteiger partial charge < -0.3 is 9.47 Å². The Morgan fingerprint density at radius 1 is 1.29 bits per heavy atom. The highest BCUT2D eigenvalue weighted by Crippen LogP contribution is 2.20. The third-order valence-corrected chi connectivity index (χ3v) is 2.43. The van der Waals surface area contributed by atoms with Crippen LogP contribution in [0.15, 0.2) is 0 Å². The SMILES string of the molecule is [CH2]CCCOC(=O)OC1CCCCC1. The highest BCUT2D eigenvalue weighted by atomic mass is 16.7. The first-order chi connectivity index (χ1) is 6.83. The standard InChI is InChI=1S/C11H19O3/c1-2-3-9-13-11(12)14-10-7-5-4-6-8-10/h10H,1-9H2. The van der Waals surface area contributed by atoms with Crippen molar-refractivity contribution in [2.45, 2.75) is 51.0 Å². The van der Waals surface area contributed by atoms with Crippen LogP contribution in [0.4, 0.5) is 4.79 Å². The van der Waals surface area contributed by atoms with Gasteiger partial charge in [-0.25, -0.2) is 4.79 Å². The zero-order valence-corrected chi connectivity index (χ0v) is 8.67. The zero-order valence-electron chi connectivity index (χ0n) is 8.67. The lowest BCUT2D eigenvalue weighted by Crippen LogP contribution is -2.21. The molecule has 0 N–H and O–H groups in total. The van der Waals surface area contributed by atoms with Crippen molar-refractivity contribution in [1.29, 1.82) is 0 Å². The molecule has 0 spiro atoms. The van der Waals surface area contributed by atoms with Gasteiger partial charge in [-0.05, 0) is 32.1 Å². The second kappa shape index (κ2) is 6.68. The lowest BCUT2D eigenvalue weighted by Gasteiger charge is -2.21. The summed E-state index contributed by atoms with van der Waals surface area (Å²) < 4.78 is 10.0. The summed E-state index contributed by atoms with van der Waals surface area (Å²) in [5.41, 5.74) is 0. The molecular formula is C11H19O3. The summed E-state index contributed by atoms with van der Waals surface area (Å²) in [6.07, 6.45) is 6.75. The number of unbranched alkanes of at least 4 members (excludes halogenated alkanes) is 1. The number of carbonyl (C=O) groups is 1. The summed E-state index contributed by atoms with van der Waals surface area (Å²) in [6.45, 7) is 4.09. The predicted octanol–water partition coefficient (Wildman–Crippen LogP) is 3.09. The Labute approximate surface area is 85.8 Å². The number of ether oxygens (including phenoxy) is 2. The van der Waals surface area contributed by atoms with E-state index in [-0.39, 0.29) is 6.10 Å². The molecule has 0 aliphatic heterocycles. The van der Waals surface area contributed by atoms with Crippen LogP contribution in [0.2, 0.25) is 0 Å². The molecule has 1 saturated carbocycles. The van der Waals surface area contributed by atoms with Gasteiger partial charge in [0.15, 0.2) is 0 Å². The molecule has 3 nitrogen and oxygen atoms in total. The van der Waals surface area contributed by atoms with Crippen LogP contribution in [0, 0.1) is 6.92 Å². The van der Waals surface area contributed by atoms with E-state index in [9.17, 15) is 4.79 Å². The first-order valence-corrected chi connectivity index (χ1v) is 5.45. The van der Waals surface area contributed by atoms with E-state index in [1.165, 1.54) is 6.42 Å². The molecular weight excluding hydrogens is 180 g/mol. The largest absolute Gasteiger partial charge is 0.508 e. The molecule has 0 heterocycles. The van der Waals surface area contributed by atoms with Crippen LogP contribution in [-0.2, 0) is 9.47 Å². The molecule has 3 heteroatoms. The van der Waals surface area contributed by atoms with Crippen LogP contribution >= 0.6 is 0 Å². The van der Waals surface area contributed by atoms with Gasteiger partial charge in [-0.2, -0.15) is 0 Å². The molecule has 0 saturated heterocycles. The number of carbonyl (C=O) groups excluding carboxylic acids is 1. The Morgan fingerprint density at radius 3 is 2.64 bits per heavy atom.